The lowest BCUT2D eigenvalue weighted by Gasteiger charge is -2.48. The zero-order valence-corrected chi connectivity index (χ0v) is 24.7. The molecule has 0 radical (unpaired) electrons. The minimum absolute atomic E-state index is 0.0151. The maximum absolute atomic E-state index is 14.2. The van der Waals surface area contributed by atoms with Crippen LogP contribution in [0.2, 0.25) is 0 Å². The van der Waals surface area contributed by atoms with Gasteiger partial charge in [-0.2, -0.15) is 0 Å². The number of hydrogen-bond donors (Lipinski definition) is 0. The summed E-state index contributed by atoms with van der Waals surface area (Å²) in [6.45, 7) is 11.4. The number of hydrogen-bond acceptors (Lipinski definition) is 5. The standard InChI is InChI=1S/C36H32N2O2S/c1-35(2)16-18-38-19-17-36(3,4)29-31(38)25(35)20-24-27(22-11-6-5-7-12-22)28(34(39)40-32(24)29)33-37-30-23-13-9-8-10-21(23)14-15-26(30)41-33/h5-15,20H,16-19H2,1-4H3. The smallest absolute Gasteiger partial charge is 0.347 e. The fourth-order valence-corrected chi connectivity index (χ4v) is 8.11. The van der Waals surface area contributed by atoms with E-state index in [4.69, 9.17) is 9.40 Å². The van der Waals surface area contributed by atoms with Crippen LogP contribution in [-0.2, 0) is 10.8 Å². The van der Waals surface area contributed by atoms with E-state index in [9.17, 15) is 4.79 Å². The zero-order chi connectivity index (χ0) is 28.1. The van der Waals surface area contributed by atoms with Crippen molar-refractivity contribution in [3.63, 3.8) is 0 Å². The lowest BCUT2D eigenvalue weighted by molar-refractivity contribution is 0.399. The van der Waals surface area contributed by atoms with Crippen LogP contribution in [0.3, 0.4) is 0 Å². The number of benzene rings is 4. The van der Waals surface area contributed by atoms with Crippen LogP contribution in [0, 0.1) is 0 Å². The second kappa shape index (κ2) is 8.53. The van der Waals surface area contributed by atoms with E-state index in [1.807, 2.05) is 30.3 Å². The van der Waals surface area contributed by atoms with Gasteiger partial charge in [0.1, 0.15) is 16.2 Å². The fraction of sp³-hybridized carbons (Fsp3) is 0.278. The van der Waals surface area contributed by atoms with Crippen molar-refractivity contribution in [3.8, 4) is 21.7 Å². The number of thiazole rings is 1. The molecule has 0 bridgehead atoms. The zero-order valence-electron chi connectivity index (χ0n) is 23.9. The number of aromatic nitrogens is 1. The molecule has 0 fully saturated rings. The highest BCUT2D eigenvalue weighted by Gasteiger charge is 2.42. The van der Waals surface area contributed by atoms with E-state index in [0.29, 0.717) is 10.6 Å². The third-order valence-corrected chi connectivity index (χ3v) is 10.5. The summed E-state index contributed by atoms with van der Waals surface area (Å²) < 4.78 is 7.52. The van der Waals surface area contributed by atoms with Crippen molar-refractivity contribution < 1.29 is 4.42 Å². The van der Waals surface area contributed by atoms with Crippen LogP contribution in [0.1, 0.15) is 51.7 Å². The maximum atomic E-state index is 14.2. The van der Waals surface area contributed by atoms with Crippen molar-refractivity contribution in [2.45, 2.75) is 51.4 Å². The molecule has 5 heteroatoms. The Hall–Kier alpha value is -3.96. The van der Waals surface area contributed by atoms with Gasteiger partial charge in [-0.05, 0) is 52.3 Å². The van der Waals surface area contributed by atoms with Gasteiger partial charge in [-0.1, -0.05) is 88.4 Å². The van der Waals surface area contributed by atoms with Gasteiger partial charge in [0.25, 0.3) is 0 Å². The lowest BCUT2D eigenvalue weighted by atomic mass is 9.68. The largest absolute Gasteiger partial charge is 0.422 e. The molecule has 2 aromatic heterocycles. The van der Waals surface area contributed by atoms with Crippen LogP contribution in [0.5, 0.6) is 0 Å². The van der Waals surface area contributed by atoms with Gasteiger partial charge in [0.2, 0.25) is 0 Å². The van der Waals surface area contributed by atoms with E-state index in [-0.39, 0.29) is 16.5 Å². The van der Waals surface area contributed by atoms with Crippen LogP contribution in [-0.4, -0.2) is 18.1 Å². The Bertz CT molecular complexity index is 2080. The van der Waals surface area contributed by atoms with Crippen LogP contribution >= 0.6 is 11.3 Å². The van der Waals surface area contributed by atoms with E-state index < -0.39 is 0 Å². The van der Waals surface area contributed by atoms with Crippen molar-refractivity contribution in [1.82, 2.24) is 4.98 Å². The molecule has 4 nitrogen and oxygen atoms in total. The summed E-state index contributed by atoms with van der Waals surface area (Å²) in [5.74, 6) is 0. The Morgan fingerprint density at radius 2 is 1.56 bits per heavy atom. The molecule has 4 aromatic carbocycles. The van der Waals surface area contributed by atoms with Gasteiger partial charge in [0, 0.05) is 40.7 Å². The third kappa shape index (κ3) is 3.58. The quantitative estimate of drug-likeness (QED) is 0.200. The number of fused-ring (bicyclic) bond motifs is 5. The number of anilines is 1. The molecule has 204 valence electrons. The summed E-state index contributed by atoms with van der Waals surface area (Å²) >= 11 is 1.57. The molecule has 0 amide bonds. The monoisotopic (exact) mass is 556 g/mol. The molecular weight excluding hydrogens is 524 g/mol. The van der Waals surface area contributed by atoms with Crippen LogP contribution in [0.25, 0.3) is 53.7 Å². The van der Waals surface area contributed by atoms with E-state index in [1.54, 1.807) is 11.3 Å². The molecule has 0 saturated heterocycles. The van der Waals surface area contributed by atoms with Crippen LogP contribution < -0.4 is 10.5 Å². The van der Waals surface area contributed by atoms with Gasteiger partial charge >= 0.3 is 5.63 Å². The van der Waals surface area contributed by atoms with E-state index >= 15 is 0 Å². The first-order valence-corrected chi connectivity index (χ1v) is 15.3. The van der Waals surface area contributed by atoms with Gasteiger partial charge in [0.05, 0.1) is 10.2 Å². The summed E-state index contributed by atoms with van der Waals surface area (Å²) in [6.07, 6.45) is 2.12. The van der Waals surface area contributed by atoms with Crippen LogP contribution in [0.15, 0.2) is 82.0 Å². The first kappa shape index (κ1) is 24.8. The topological polar surface area (TPSA) is 46.3 Å². The molecule has 8 rings (SSSR count). The molecule has 2 aliphatic rings. The molecule has 0 saturated carbocycles. The predicted molar refractivity (Wildman–Crippen MR) is 172 cm³/mol. The molecule has 2 aliphatic heterocycles. The van der Waals surface area contributed by atoms with Crippen molar-refractivity contribution in [3.05, 3.63) is 94.3 Å². The fourth-order valence-electron chi connectivity index (χ4n) is 7.09. The average Bonchev–Trinajstić information content (AvgIpc) is 3.40. The van der Waals surface area contributed by atoms with E-state index in [2.05, 4.69) is 75.1 Å². The highest BCUT2D eigenvalue weighted by Crippen LogP contribution is 2.53. The molecule has 0 aliphatic carbocycles. The molecule has 4 heterocycles. The Kier molecular flexibility index (Phi) is 5.16. The first-order chi connectivity index (χ1) is 19.7. The molecule has 0 N–H and O–H groups in total. The number of nitrogens with zero attached hydrogens (tertiary/aromatic N) is 2. The predicted octanol–water partition coefficient (Wildman–Crippen LogP) is 9.06. The Balaban J connectivity index is 1.53. The number of rotatable bonds is 2. The Morgan fingerprint density at radius 1 is 0.829 bits per heavy atom. The van der Waals surface area contributed by atoms with Gasteiger partial charge in [-0.15, -0.1) is 11.3 Å². The highest BCUT2D eigenvalue weighted by atomic mass is 32.1. The van der Waals surface area contributed by atoms with Crippen LogP contribution in [0.4, 0.5) is 5.69 Å². The molecule has 0 unspecified atom stereocenters. The summed E-state index contributed by atoms with van der Waals surface area (Å²) in [6, 6.07) is 25.2. The van der Waals surface area contributed by atoms with Gasteiger partial charge in [-0.3, -0.25) is 0 Å². The summed E-state index contributed by atoms with van der Waals surface area (Å²) in [4.78, 5) is 21.9. The molecule has 41 heavy (non-hydrogen) atoms. The minimum atomic E-state index is -0.320. The summed E-state index contributed by atoms with van der Waals surface area (Å²) in [7, 11) is 0. The second-order valence-corrected chi connectivity index (χ2v) is 14.0. The minimum Gasteiger partial charge on any atom is -0.422 e. The summed E-state index contributed by atoms with van der Waals surface area (Å²) in [5, 5.41) is 3.96. The van der Waals surface area contributed by atoms with E-state index in [0.717, 1.165) is 69.0 Å². The lowest BCUT2D eigenvalue weighted by Crippen LogP contribution is -2.44. The Morgan fingerprint density at radius 3 is 2.37 bits per heavy atom. The maximum Gasteiger partial charge on any atom is 0.347 e. The van der Waals surface area contributed by atoms with Crippen molar-refractivity contribution >= 4 is 49.0 Å². The highest BCUT2D eigenvalue weighted by molar-refractivity contribution is 7.21. The van der Waals surface area contributed by atoms with Gasteiger partial charge < -0.3 is 9.32 Å². The third-order valence-electron chi connectivity index (χ3n) is 9.47. The normalized spacial score (nSPS) is 17.3. The van der Waals surface area contributed by atoms with Gasteiger partial charge in [0.15, 0.2) is 0 Å². The van der Waals surface area contributed by atoms with E-state index in [1.165, 1.54) is 16.8 Å². The molecule has 0 atom stereocenters. The van der Waals surface area contributed by atoms with Crippen molar-refractivity contribution in [1.29, 1.82) is 0 Å². The van der Waals surface area contributed by atoms with Crippen molar-refractivity contribution in [2.24, 2.45) is 0 Å². The second-order valence-electron chi connectivity index (χ2n) is 12.9. The summed E-state index contributed by atoms with van der Waals surface area (Å²) in [5.41, 5.74) is 7.55. The van der Waals surface area contributed by atoms with Gasteiger partial charge in [-0.25, -0.2) is 9.78 Å². The Labute approximate surface area is 243 Å². The molecule has 0 spiro atoms. The molecular formula is C36H32N2O2S. The molecule has 6 aromatic rings. The average molecular weight is 557 g/mol. The van der Waals surface area contributed by atoms with Crippen molar-refractivity contribution in [2.75, 3.05) is 18.0 Å². The SMILES string of the molecule is CC1(C)CCN2CCC(C)(C)c3c2c1cc1c(-c2ccccc2)c(-c2nc4c(ccc5ccccc54)s2)c(=O)oc31. The first-order valence-electron chi connectivity index (χ1n) is 14.5.